The van der Waals surface area contributed by atoms with Gasteiger partial charge in [0.1, 0.15) is 6.04 Å². The zero-order valence-corrected chi connectivity index (χ0v) is 9.49. The summed E-state index contributed by atoms with van der Waals surface area (Å²) in [6.45, 7) is 6.89. The van der Waals surface area contributed by atoms with Crippen molar-refractivity contribution >= 4 is 11.9 Å². The van der Waals surface area contributed by atoms with E-state index >= 15 is 0 Å². The summed E-state index contributed by atoms with van der Waals surface area (Å²) in [5, 5.41) is 2.33. The summed E-state index contributed by atoms with van der Waals surface area (Å²) in [7, 11) is 0. The Morgan fingerprint density at radius 2 is 2.00 bits per heavy atom. The first-order chi connectivity index (χ1) is 6.97. The fourth-order valence-corrected chi connectivity index (χ4v) is 1.79. The molecule has 15 heavy (non-hydrogen) atoms. The molecule has 1 aliphatic rings. The molecule has 0 aromatic heterocycles. The van der Waals surface area contributed by atoms with Crippen LogP contribution in [0.2, 0.25) is 0 Å². The Labute approximate surface area is 90.0 Å². The zero-order valence-electron chi connectivity index (χ0n) is 9.49. The molecule has 3 N–H and O–H groups in total. The maximum absolute atomic E-state index is 11.5. The number of nitrogens with two attached hydrogens (primary N) is 1. The van der Waals surface area contributed by atoms with Gasteiger partial charge in [-0.05, 0) is 18.4 Å². The molecule has 0 radical (unpaired) electrons. The summed E-state index contributed by atoms with van der Waals surface area (Å²) in [6, 6.07) is -0.634. The molecule has 0 aromatic carbocycles. The average Bonchev–Trinajstić information content (AvgIpc) is 2.41. The first-order valence-electron chi connectivity index (χ1n) is 5.29. The van der Waals surface area contributed by atoms with Crippen molar-refractivity contribution in [2.24, 2.45) is 17.6 Å². The first-order valence-corrected chi connectivity index (χ1v) is 5.29. The minimum Gasteiger partial charge on any atom is -0.330 e. The molecule has 1 rings (SSSR count). The van der Waals surface area contributed by atoms with E-state index in [1.807, 2.05) is 20.8 Å². The van der Waals surface area contributed by atoms with Crippen LogP contribution in [0, 0.1) is 11.8 Å². The second-order valence-corrected chi connectivity index (χ2v) is 4.48. The number of hydrogen-bond donors (Lipinski definition) is 2. The van der Waals surface area contributed by atoms with Crippen molar-refractivity contribution in [1.82, 2.24) is 10.2 Å². The third-order valence-electron chi connectivity index (χ3n) is 2.64. The standard InChI is InChI=1S/C10H19N3O2/c1-6(2)8-9(14)12-10(15)13(8)5-7(3)4-11/h6-8H,4-5,11H2,1-3H3,(H,12,14,15). The van der Waals surface area contributed by atoms with Gasteiger partial charge in [-0.2, -0.15) is 0 Å². The predicted molar refractivity (Wildman–Crippen MR) is 57.1 cm³/mol. The summed E-state index contributed by atoms with van der Waals surface area (Å²) in [5.74, 6) is 0.142. The van der Waals surface area contributed by atoms with Crippen molar-refractivity contribution in [3.8, 4) is 0 Å². The monoisotopic (exact) mass is 213 g/mol. The lowest BCUT2D eigenvalue weighted by atomic mass is 10.0. The molecule has 2 atom stereocenters. The second-order valence-electron chi connectivity index (χ2n) is 4.48. The van der Waals surface area contributed by atoms with Crippen molar-refractivity contribution in [2.45, 2.75) is 26.8 Å². The van der Waals surface area contributed by atoms with E-state index in [0.717, 1.165) is 0 Å². The predicted octanol–water partition coefficient (Wildman–Crippen LogP) is 0.158. The molecule has 0 aliphatic carbocycles. The van der Waals surface area contributed by atoms with Gasteiger partial charge in [0.25, 0.3) is 5.91 Å². The maximum atomic E-state index is 11.5. The normalized spacial score (nSPS) is 23.5. The quantitative estimate of drug-likeness (QED) is 0.653. The highest BCUT2D eigenvalue weighted by molar-refractivity contribution is 6.04. The highest BCUT2D eigenvalue weighted by Gasteiger charge is 2.40. The van der Waals surface area contributed by atoms with Gasteiger partial charge < -0.3 is 10.6 Å². The molecule has 0 spiro atoms. The molecule has 0 aromatic rings. The lowest BCUT2D eigenvalue weighted by Gasteiger charge is -2.26. The maximum Gasteiger partial charge on any atom is 0.324 e. The van der Waals surface area contributed by atoms with Crippen LogP contribution in [0.25, 0.3) is 0 Å². The fourth-order valence-electron chi connectivity index (χ4n) is 1.79. The van der Waals surface area contributed by atoms with Crippen LogP contribution in [0.15, 0.2) is 0 Å². The van der Waals surface area contributed by atoms with E-state index in [9.17, 15) is 9.59 Å². The number of nitrogens with one attached hydrogen (secondary N) is 1. The molecule has 2 unspecified atom stereocenters. The van der Waals surface area contributed by atoms with Gasteiger partial charge >= 0.3 is 6.03 Å². The van der Waals surface area contributed by atoms with Crippen LogP contribution in [0.4, 0.5) is 4.79 Å². The molecule has 1 saturated heterocycles. The minimum absolute atomic E-state index is 0.126. The lowest BCUT2D eigenvalue weighted by molar-refractivity contribution is -0.122. The summed E-state index contributed by atoms with van der Waals surface area (Å²) >= 11 is 0. The van der Waals surface area contributed by atoms with Gasteiger partial charge in [0.05, 0.1) is 0 Å². The number of carbonyl (C=O) groups is 2. The number of urea groups is 1. The van der Waals surface area contributed by atoms with Crippen molar-refractivity contribution in [3.63, 3.8) is 0 Å². The van der Waals surface area contributed by atoms with Crippen LogP contribution in [-0.4, -0.2) is 36.0 Å². The van der Waals surface area contributed by atoms with E-state index in [1.165, 1.54) is 0 Å². The Balaban J connectivity index is 2.74. The Hall–Kier alpha value is -1.10. The minimum atomic E-state index is -0.341. The van der Waals surface area contributed by atoms with E-state index in [2.05, 4.69) is 5.32 Å². The average molecular weight is 213 g/mol. The third-order valence-corrected chi connectivity index (χ3v) is 2.64. The van der Waals surface area contributed by atoms with Crippen LogP contribution < -0.4 is 11.1 Å². The number of nitrogens with zero attached hydrogens (tertiary/aromatic N) is 1. The van der Waals surface area contributed by atoms with E-state index in [-0.39, 0.29) is 29.8 Å². The van der Waals surface area contributed by atoms with Crippen molar-refractivity contribution in [3.05, 3.63) is 0 Å². The molecule has 1 aliphatic heterocycles. The van der Waals surface area contributed by atoms with E-state index in [0.29, 0.717) is 13.1 Å². The van der Waals surface area contributed by atoms with Crippen LogP contribution in [0.3, 0.4) is 0 Å². The Morgan fingerprint density at radius 1 is 1.40 bits per heavy atom. The summed E-state index contributed by atoms with van der Waals surface area (Å²) < 4.78 is 0. The molecular weight excluding hydrogens is 194 g/mol. The van der Waals surface area contributed by atoms with Crippen molar-refractivity contribution < 1.29 is 9.59 Å². The summed E-state index contributed by atoms with van der Waals surface area (Å²) in [5.41, 5.74) is 5.51. The van der Waals surface area contributed by atoms with Crippen molar-refractivity contribution in [2.75, 3.05) is 13.1 Å². The van der Waals surface area contributed by atoms with E-state index in [1.54, 1.807) is 4.90 Å². The molecule has 5 heteroatoms. The van der Waals surface area contributed by atoms with Gasteiger partial charge in [-0.3, -0.25) is 10.1 Å². The second kappa shape index (κ2) is 4.61. The molecule has 86 valence electrons. The van der Waals surface area contributed by atoms with Crippen molar-refractivity contribution in [1.29, 1.82) is 0 Å². The van der Waals surface area contributed by atoms with E-state index < -0.39 is 0 Å². The molecule has 0 saturated carbocycles. The molecule has 1 heterocycles. The largest absolute Gasteiger partial charge is 0.330 e. The molecule has 5 nitrogen and oxygen atoms in total. The fraction of sp³-hybridized carbons (Fsp3) is 0.800. The Bertz CT molecular complexity index is 265. The SMILES string of the molecule is CC(CN)CN1C(=O)NC(=O)C1C(C)C. The van der Waals surface area contributed by atoms with Gasteiger partial charge in [-0.15, -0.1) is 0 Å². The van der Waals surface area contributed by atoms with Gasteiger partial charge in [0.2, 0.25) is 0 Å². The third kappa shape index (κ3) is 2.47. The number of amides is 3. The number of hydrogen-bond acceptors (Lipinski definition) is 3. The Kier molecular flexibility index (Phi) is 3.68. The first kappa shape index (κ1) is 12.0. The van der Waals surface area contributed by atoms with Crippen LogP contribution >= 0.6 is 0 Å². The summed E-state index contributed by atoms with van der Waals surface area (Å²) in [6.07, 6.45) is 0. The number of rotatable bonds is 4. The van der Waals surface area contributed by atoms with Crippen LogP contribution in [-0.2, 0) is 4.79 Å². The molecule has 0 bridgehead atoms. The topological polar surface area (TPSA) is 75.4 Å². The highest BCUT2D eigenvalue weighted by atomic mass is 16.2. The molecule has 1 fully saturated rings. The van der Waals surface area contributed by atoms with Crippen LogP contribution in [0.1, 0.15) is 20.8 Å². The van der Waals surface area contributed by atoms with Gasteiger partial charge in [0, 0.05) is 6.54 Å². The molecular formula is C10H19N3O2. The number of imide groups is 1. The van der Waals surface area contributed by atoms with Crippen LogP contribution in [0.5, 0.6) is 0 Å². The molecule has 3 amide bonds. The lowest BCUT2D eigenvalue weighted by Crippen LogP contribution is -2.42. The smallest absolute Gasteiger partial charge is 0.324 e. The Morgan fingerprint density at radius 3 is 2.47 bits per heavy atom. The summed E-state index contributed by atoms with van der Waals surface area (Å²) in [4.78, 5) is 24.6. The number of carbonyl (C=O) groups excluding carboxylic acids is 2. The van der Waals surface area contributed by atoms with Gasteiger partial charge in [-0.1, -0.05) is 20.8 Å². The highest BCUT2D eigenvalue weighted by Crippen LogP contribution is 2.18. The van der Waals surface area contributed by atoms with E-state index in [4.69, 9.17) is 5.73 Å². The van der Waals surface area contributed by atoms with Gasteiger partial charge in [0.15, 0.2) is 0 Å². The van der Waals surface area contributed by atoms with Gasteiger partial charge in [-0.25, -0.2) is 4.79 Å². The zero-order chi connectivity index (χ0) is 11.6.